The van der Waals surface area contributed by atoms with Crippen LogP contribution in [0.5, 0.6) is 0 Å². The lowest BCUT2D eigenvalue weighted by Gasteiger charge is -2.28. The summed E-state index contributed by atoms with van der Waals surface area (Å²) in [5, 5.41) is 13.2. The third kappa shape index (κ3) is 4.15. The Labute approximate surface area is 136 Å². The molecule has 0 saturated carbocycles. The molecular weight excluding hydrogens is 291 g/mol. The second kappa shape index (κ2) is 7.66. The average molecular weight is 314 g/mol. The van der Waals surface area contributed by atoms with E-state index in [1.54, 1.807) is 18.3 Å². The van der Waals surface area contributed by atoms with Crippen LogP contribution in [0.1, 0.15) is 35.7 Å². The molecule has 0 spiro atoms. The molecule has 2 atom stereocenters. The summed E-state index contributed by atoms with van der Waals surface area (Å²) < 4.78 is 13.5. The Hall–Kier alpha value is -1.78. The molecule has 0 unspecified atom stereocenters. The summed E-state index contributed by atoms with van der Waals surface area (Å²) in [6.45, 7) is 0.819. The highest BCUT2D eigenvalue weighted by Crippen LogP contribution is 2.30. The molecule has 3 rings (SSSR count). The number of hydrogen-bond donors (Lipinski definition) is 2. The SMILES string of the molecule is OC[C@H](CN[C@H]1CCCc2ccc(F)cc21)Cc1ccccn1. The van der Waals surface area contributed by atoms with E-state index in [0.717, 1.165) is 36.9 Å². The van der Waals surface area contributed by atoms with Gasteiger partial charge in [0.1, 0.15) is 5.82 Å². The predicted molar refractivity (Wildman–Crippen MR) is 88.6 cm³/mol. The smallest absolute Gasteiger partial charge is 0.123 e. The van der Waals surface area contributed by atoms with Gasteiger partial charge < -0.3 is 10.4 Å². The highest BCUT2D eigenvalue weighted by molar-refractivity contribution is 5.32. The van der Waals surface area contributed by atoms with Crippen LogP contribution in [0.3, 0.4) is 0 Å². The third-order valence-electron chi connectivity index (χ3n) is 4.56. The number of benzene rings is 1. The number of nitrogens with one attached hydrogen (secondary N) is 1. The molecule has 0 aliphatic heterocycles. The van der Waals surface area contributed by atoms with Gasteiger partial charge in [0.15, 0.2) is 0 Å². The molecule has 0 bridgehead atoms. The number of aryl methyl sites for hydroxylation is 1. The third-order valence-corrected chi connectivity index (χ3v) is 4.56. The van der Waals surface area contributed by atoms with Crippen LogP contribution in [0.15, 0.2) is 42.6 Å². The molecule has 0 fully saturated rings. The van der Waals surface area contributed by atoms with Gasteiger partial charge in [0.05, 0.1) is 0 Å². The zero-order chi connectivity index (χ0) is 16.1. The molecule has 1 heterocycles. The average Bonchev–Trinajstić information content (AvgIpc) is 2.59. The van der Waals surface area contributed by atoms with Gasteiger partial charge >= 0.3 is 0 Å². The predicted octanol–water partition coefficient (Wildman–Crippen LogP) is 3.04. The van der Waals surface area contributed by atoms with Crippen LogP contribution < -0.4 is 5.32 Å². The van der Waals surface area contributed by atoms with Crippen LogP contribution in [0.2, 0.25) is 0 Å². The Morgan fingerprint density at radius 3 is 3.00 bits per heavy atom. The van der Waals surface area contributed by atoms with Crippen molar-refractivity contribution in [2.45, 2.75) is 31.7 Å². The van der Waals surface area contributed by atoms with Gasteiger partial charge in [0, 0.05) is 31.1 Å². The zero-order valence-corrected chi connectivity index (χ0v) is 13.2. The summed E-state index contributed by atoms with van der Waals surface area (Å²) in [4.78, 5) is 4.32. The summed E-state index contributed by atoms with van der Waals surface area (Å²) in [7, 11) is 0. The molecule has 0 radical (unpaired) electrons. The monoisotopic (exact) mass is 314 g/mol. The van der Waals surface area contributed by atoms with Gasteiger partial charge in [0.25, 0.3) is 0 Å². The molecule has 3 nitrogen and oxygen atoms in total. The van der Waals surface area contributed by atoms with Crippen molar-refractivity contribution in [3.05, 3.63) is 65.2 Å². The molecule has 0 amide bonds. The first kappa shape index (κ1) is 16.1. The number of hydrogen-bond acceptors (Lipinski definition) is 3. The maximum absolute atomic E-state index is 13.5. The van der Waals surface area contributed by atoms with Crippen molar-refractivity contribution in [2.24, 2.45) is 5.92 Å². The van der Waals surface area contributed by atoms with Gasteiger partial charge in [-0.1, -0.05) is 12.1 Å². The Bertz CT molecular complexity index is 633. The first-order valence-electron chi connectivity index (χ1n) is 8.28. The van der Waals surface area contributed by atoms with E-state index in [1.807, 2.05) is 24.3 Å². The summed E-state index contributed by atoms with van der Waals surface area (Å²) in [6.07, 6.45) is 5.66. The standard InChI is InChI=1S/C19H23FN2O/c20-16-8-7-15-4-3-6-19(18(15)11-16)22-12-14(13-23)10-17-5-1-2-9-21-17/h1-2,5,7-9,11,14,19,22-23H,3-4,6,10,12-13H2/t14-,19-/m0/s1. The molecule has 4 heteroatoms. The quantitative estimate of drug-likeness (QED) is 0.861. The van der Waals surface area contributed by atoms with Crippen LogP contribution in [-0.4, -0.2) is 23.2 Å². The van der Waals surface area contributed by atoms with Gasteiger partial charge in [-0.3, -0.25) is 4.98 Å². The number of aliphatic hydroxyl groups is 1. The van der Waals surface area contributed by atoms with Gasteiger partial charge in [-0.05, 0) is 67.0 Å². The summed E-state index contributed by atoms with van der Waals surface area (Å²) in [5.41, 5.74) is 3.30. The van der Waals surface area contributed by atoms with E-state index in [0.29, 0.717) is 6.54 Å². The van der Waals surface area contributed by atoms with E-state index in [-0.39, 0.29) is 24.4 Å². The summed E-state index contributed by atoms with van der Waals surface area (Å²) in [6, 6.07) is 11.1. The molecule has 1 aliphatic carbocycles. The molecule has 23 heavy (non-hydrogen) atoms. The van der Waals surface area contributed by atoms with E-state index in [1.165, 1.54) is 5.56 Å². The molecule has 2 N–H and O–H groups in total. The van der Waals surface area contributed by atoms with Gasteiger partial charge in [-0.2, -0.15) is 0 Å². The molecule has 1 aliphatic rings. The fraction of sp³-hybridized carbons (Fsp3) is 0.421. The van der Waals surface area contributed by atoms with Gasteiger partial charge in [-0.25, -0.2) is 4.39 Å². The number of fused-ring (bicyclic) bond motifs is 1. The molecular formula is C19H23FN2O. The fourth-order valence-electron chi connectivity index (χ4n) is 3.31. The lowest BCUT2D eigenvalue weighted by Crippen LogP contribution is -2.32. The fourth-order valence-corrected chi connectivity index (χ4v) is 3.31. The van der Waals surface area contributed by atoms with Crippen molar-refractivity contribution in [3.63, 3.8) is 0 Å². The van der Waals surface area contributed by atoms with Crippen molar-refractivity contribution >= 4 is 0 Å². The van der Waals surface area contributed by atoms with Crippen LogP contribution >= 0.6 is 0 Å². The van der Waals surface area contributed by atoms with E-state index in [2.05, 4.69) is 10.3 Å². The van der Waals surface area contributed by atoms with Crippen molar-refractivity contribution in [1.29, 1.82) is 0 Å². The van der Waals surface area contributed by atoms with E-state index in [9.17, 15) is 9.50 Å². The first-order chi connectivity index (χ1) is 11.3. The minimum absolute atomic E-state index is 0.115. The molecule has 2 aromatic rings. The lowest BCUT2D eigenvalue weighted by atomic mass is 9.87. The Morgan fingerprint density at radius 2 is 2.22 bits per heavy atom. The summed E-state index contributed by atoms with van der Waals surface area (Å²) in [5.74, 6) is -0.0616. The Balaban J connectivity index is 1.62. The zero-order valence-electron chi connectivity index (χ0n) is 13.2. The largest absolute Gasteiger partial charge is 0.396 e. The van der Waals surface area contributed by atoms with Crippen molar-refractivity contribution in [1.82, 2.24) is 10.3 Å². The number of rotatable bonds is 6. The van der Waals surface area contributed by atoms with Crippen LogP contribution in [0, 0.1) is 11.7 Å². The first-order valence-corrected chi connectivity index (χ1v) is 8.28. The molecule has 122 valence electrons. The number of aliphatic hydroxyl groups excluding tert-OH is 1. The number of nitrogens with zero attached hydrogens (tertiary/aromatic N) is 1. The van der Waals surface area contributed by atoms with E-state index >= 15 is 0 Å². The Kier molecular flexibility index (Phi) is 5.36. The number of halogens is 1. The minimum Gasteiger partial charge on any atom is -0.396 e. The highest BCUT2D eigenvalue weighted by Gasteiger charge is 2.21. The minimum atomic E-state index is -0.176. The van der Waals surface area contributed by atoms with Crippen LogP contribution in [-0.2, 0) is 12.8 Å². The Morgan fingerprint density at radius 1 is 1.30 bits per heavy atom. The normalized spacial score (nSPS) is 18.4. The molecule has 1 aromatic carbocycles. The number of pyridine rings is 1. The van der Waals surface area contributed by atoms with Crippen molar-refractivity contribution in [3.8, 4) is 0 Å². The maximum Gasteiger partial charge on any atom is 0.123 e. The second-order valence-electron chi connectivity index (χ2n) is 6.27. The maximum atomic E-state index is 13.5. The summed E-state index contributed by atoms with van der Waals surface area (Å²) >= 11 is 0. The topological polar surface area (TPSA) is 45.1 Å². The highest BCUT2D eigenvalue weighted by atomic mass is 19.1. The van der Waals surface area contributed by atoms with Crippen LogP contribution in [0.4, 0.5) is 4.39 Å². The van der Waals surface area contributed by atoms with Gasteiger partial charge in [-0.15, -0.1) is 0 Å². The number of aromatic nitrogens is 1. The van der Waals surface area contributed by atoms with Crippen molar-refractivity contribution in [2.75, 3.05) is 13.2 Å². The van der Waals surface area contributed by atoms with E-state index < -0.39 is 0 Å². The van der Waals surface area contributed by atoms with Gasteiger partial charge in [0.2, 0.25) is 0 Å². The molecule has 1 aromatic heterocycles. The van der Waals surface area contributed by atoms with Crippen molar-refractivity contribution < 1.29 is 9.50 Å². The second-order valence-corrected chi connectivity index (χ2v) is 6.27. The lowest BCUT2D eigenvalue weighted by molar-refractivity contribution is 0.215. The van der Waals surface area contributed by atoms with E-state index in [4.69, 9.17) is 0 Å². The molecule has 0 saturated heterocycles. The van der Waals surface area contributed by atoms with Crippen LogP contribution in [0.25, 0.3) is 0 Å².